The molecule has 0 bridgehead atoms. The molecule has 5 nitrogen and oxygen atoms in total. The SMILES string of the molecule is Cc1cc(Br)ccc1C(=O)N[C@@H](CC(C)C)C(=O)NCC#N. The Labute approximate surface area is 139 Å². The van der Waals surface area contributed by atoms with Crippen molar-refractivity contribution < 1.29 is 9.59 Å². The van der Waals surface area contributed by atoms with Gasteiger partial charge in [-0.2, -0.15) is 5.26 Å². The fourth-order valence-corrected chi connectivity index (χ4v) is 2.55. The van der Waals surface area contributed by atoms with Gasteiger partial charge in [-0.25, -0.2) is 0 Å². The van der Waals surface area contributed by atoms with Crippen LogP contribution in [0.2, 0.25) is 0 Å². The van der Waals surface area contributed by atoms with E-state index < -0.39 is 6.04 Å². The zero-order valence-corrected chi connectivity index (χ0v) is 14.5. The van der Waals surface area contributed by atoms with Crippen molar-refractivity contribution in [1.82, 2.24) is 10.6 Å². The molecule has 118 valence electrons. The molecule has 0 aliphatic heterocycles. The highest BCUT2D eigenvalue weighted by molar-refractivity contribution is 9.10. The number of benzene rings is 1. The monoisotopic (exact) mass is 365 g/mol. The fraction of sp³-hybridized carbons (Fsp3) is 0.438. The van der Waals surface area contributed by atoms with Crippen LogP contribution in [0.25, 0.3) is 0 Å². The van der Waals surface area contributed by atoms with Crippen LogP contribution in [-0.4, -0.2) is 24.4 Å². The Kier molecular flexibility index (Phi) is 7.06. The summed E-state index contributed by atoms with van der Waals surface area (Å²) >= 11 is 3.35. The Bertz CT molecular complexity index is 594. The van der Waals surface area contributed by atoms with Crippen LogP contribution in [0.3, 0.4) is 0 Å². The zero-order valence-electron chi connectivity index (χ0n) is 12.9. The summed E-state index contributed by atoms with van der Waals surface area (Å²) in [7, 11) is 0. The zero-order chi connectivity index (χ0) is 16.7. The quantitative estimate of drug-likeness (QED) is 0.759. The predicted molar refractivity (Wildman–Crippen MR) is 88.2 cm³/mol. The van der Waals surface area contributed by atoms with Gasteiger partial charge in [0, 0.05) is 10.0 Å². The number of carbonyl (C=O) groups excluding carboxylic acids is 2. The van der Waals surface area contributed by atoms with E-state index in [9.17, 15) is 9.59 Å². The van der Waals surface area contributed by atoms with E-state index in [1.807, 2.05) is 32.9 Å². The molecule has 6 heteroatoms. The van der Waals surface area contributed by atoms with E-state index in [4.69, 9.17) is 5.26 Å². The first-order chi connectivity index (χ1) is 10.3. The van der Waals surface area contributed by atoms with Gasteiger partial charge in [0.1, 0.15) is 12.6 Å². The number of nitriles is 1. The number of rotatable bonds is 6. The molecule has 0 aliphatic carbocycles. The van der Waals surface area contributed by atoms with Crippen molar-refractivity contribution in [2.75, 3.05) is 6.54 Å². The first-order valence-corrected chi connectivity index (χ1v) is 7.86. The van der Waals surface area contributed by atoms with Gasteiger partial charge in [0.15, 0.2) is 0 Å². The molecule has 0 heterocycles. The summed E-state index contributed by atoms with van der Waals surface area (Å²) in [5, 5.41) is 13.8. The van der Waals surface area contributed by atoms with Gasteiger partial charge < -0.3 is 10.6 Å². The number of aryl methyl sites for hydroxylation is 1. The summed E-state index contributed by atoms with van der Waals surface area (Å²) in [6.07, 6.45) is 0.512. The molecule has 1 atom stereocenters. The number of nitrogens with one attached hydrogen (secondary N) is 2. The van der Waals surface area contributed by atoms with Gasteiger partial charge in [-0.3, -0.25) is 9.59 Å². The molecule has 0 aromatic heterocycles. The molecule has 2 amide bonds. The molecule has 22 heavy (non-hydrogen) atoms. The lowest BCUT2D eigenvalue weighted by Gasteiger charge is -2.20. The Morgan fingerprint density at radius 1 is 1.36 bits per heavy atom. The minimum atomic E-state index is -0.649. The molecule has 1 aromatic carbocycles. The average Bonchev–Trinajstić information content (AvgIpc) is 2.43. The van der Waals surface area contributed by atoms with E-state index in [2.05, 4.69) is 26.6 Å². The van der Waals surface area contributed by atoms with E-state index in [0.717, 1.165) is 10.0 Å². The largest absolute Gasteiger partial charge is 0.341 e. The Balaban J connectivity index is 2.86. The topological polar surface area (TPSA) is 82.0 Å². The number of nitrogens with zero attached hydrogens (tertiary/aromatic N) is 1. The van der Waals surface area contributed by atoms with Crippen LogP contribution < -0.4 is 10.6 Å². The van der Waals surface area contributed by atoms with E-state index >= 15 is 0 Å². The van der Waals surface area contributed by atoms with Crippen molar-refractivity contribution in [1.29, 1.82) is 5.26 Å². The highest BCUT2D eigenvalue weighted by Gasteiger charge is 2.22. The Hall–Kier alpha value is -1.87. The van der Waals surface area contributed by atoms with Crippen molar-refractivity contribution in [2.45, 2.75) is 33.2 Å². The van der Waals surface area contributed by atoms with Crippen LogP contribution in [0, 0.1) is 24.2 Å². The molecule has 0 radical (unpaired) electrons. The van der Waals surface area contributed by atoms with Gasteiger partial charge in [-0.05, 0) is 43.0 Å². The molecule has 1 rings (SSSR count). The number of hydrogen-bond donors (Lipinski definition) is 2. The summed E-state index contributed by atoms with van der Waals surface area (Å²) in [5.41, 5.74) is 1.36. The second-order valence-electron chi connectivity index (χ2n) is 5.49. The van der Waals surface area contributed by atoms with E-state index in [1.54, 1.807) is 12.1 Å². The van der Waals surface area contributed by atoms with Gasteiger partial charge in [0.2, 0.25) is 5.91 Å². The van der Waals surface area contributed by atoms with Gasteiger partial charge in [-0.15, -0.1) is 0 Å². The maximum absolute atomic E-state index is 12.4. The molecule has 0 unspecified atom stereocenters. The fourth-order valence-electron chi connectivity index (χ4n) is 2.07. The Morgan fingerprint density at radius 2 is 2.05 bits per heavy atom. The van der Waals surface area contributed by atoms with E-state index in [-0.39, 0.29) is 24.3 Å². The van der Waals surface area contributed by atoms with Gasteiger partial charge in [0.25, 0.3) is 5.91 Å². The van der Waals surface area contributed by atoms with Crippen molar-refractivity contribution in [3.05, 3.63) is 33.8 Å². The predicted octanol–water partition coefficient (Wildman–Crippen LogP) is 2.54. The molecular formula is C16H20BrN3O2. The van der Waals surface area contributed by atoms with Crippen molar-refractivity contribution in [2.24, 2.45) is 5.92 Å². The highest BCUT2D eigenvalue weighted by atomic mass is 79.9. The second-order valence-corrected chi connectivity index (χ2v) is 6.41. The second kappa shape index (κ2) is 8.54. The molecule has 0 spiro atoms. The summed E-state index contributed by atoms with van der Waals surface area (Å²) < 4.78 is 0.895. The summed E-state index contributed by atoms with van der Waals surface area (Å²) in [6, 6.07) is 6.56. The molecule has 0 saturated carbocycles. The number of halogens is 1. The third kappa shape index (κ3) is 5.49. The normalized spacial score (nSPS) is 11.6. The first kappa shape index (κ1) is 18.2. The average molecular weight is 366 g/mol. The molecule has 2 N–H and O–H groups in total. The standard InChI is InChI=1S/C16H20BrN3O2/c1-10(2)8-14(16(22)19-7-6-18)20-15(21)13-5-4-12(17)9-11(13)3/h4-5,9-10,14H,7-8H2,1-3H3,(H,19,22)(H,20,21)/t14-/m0/s1. The first-order valence-electron chi connectivity index (χ1n) is 7.06. The van der Waals surface area contributed by atoms with Crippen LogP contribution in [0.5, 0.6) is 0 Å². The maximum atomic E-state index is 12.4. The number of hydrogen-bond acceptors (Lipinski definition) is 3. The van der Waals surface area contributed by atoms with Crippen LogP contribution in [-0.2, 0) is 4.79 Å². The van der Waals surface area contributed by atoms with Crippen molar-refractivity contribution in [3.63, 3.8) is 0 Å². The summed E-state index contributed by atoms with van der Waals surface area (Å²) in [6.45, 7) is 5.72. The summed E-state index contributed by atoms with van der Waals surface area (Å²) in [4.78, 5) is 24.4. The van der Waals surface area contributed by atoms with Crippen molar-refractivity contribution in [3.8, 4) is 6.07 Å². The van der Waals surface area contributed by atoms with Crippen LogP contribution in [0.1, 0.15) is 36.2 Å². The third-order valence-electron chi connectivity index (χ3n) is 3.10. The van der Waals surface area contributed by atoms with Crippen LogP contribution in [0.4, 0.5) is 0 Å². The lowest BCUT2D eigenvalue weighted by molar-refractivity contribution is -0.123. The Morgan fingerprint density at radius 3 is 2.59 bits per heavy atom. The van der Waals surface area contributed by atoms with Crippen LogP contribution in [0.15, 0.2) is 22.7 Å². The van der Waals surface area contributed by atoms with E-state index in [0.29, 0.717) is 12.0 Å². The third-order valence-corrected chi connectivity index (χ3v) is 3.60. The number of carbonyl (C=O) groups is 2. The summed E-state index contributed by atoms with van der Waals surface area (Å²) in [5.74, 6) is -0.384. The highest BCUT2D eigenvalue weighted by Crippen LogP contribution is 2.16. The van der Waals surface area contributed by atoms with Crippen molar-refractivity contribution >= 4 is 27.7 Å². The smallest absolute Gasteiger partial charge is 0.252 e. The minimum Gasteiger partial charge on any atom is -0.341 e. The minimum absolute atomic E-state index is 0.0688. The van der Waals surface area contributed by atoms with Gasteiger partial charge >= 0.3 is 0 Å². The molecular weight excluding hydrogens is 346 g/mol. The molecule has 1 aromatic rings. The lowest BCUT2D eigenvalue weighted by atomic mass is 10.0. The van der Waals surface area contributed by atoms with Crippen LogP contribution >= 0.6 is 15.9 Å². The molecule has 0 aliphatic rings. The molecule has 0 saturated heterocycles. The van der Waals surface area contributed by atoms with E-state index in [1.165, 1.54) is 0 Å². The van der Waals surface area contributed by atoms with Gasteiger partial charge in [-0.1, -0.05) is 29.8 Å². The number of amides is 2. The molecule has 0 fully saturated rings. The lowest BCUT2D eigenvalue weighted by Crippen LogP contribution is -2.47. The maximum Gasteiger partial charge on any atom is 0.252 e. The van der Waals surface area contributed by atoms with Gasteiger partial charge in [0.05, 0.1) is 6.07 Å².